The molecular formula is C18H16N2O9S3. The summed E-state index contributed by atoms with van der Waals surface area (Å²) in [5.74, 6) is 0. The van der Waals surface area contributed by atoms with Gasteiger partial charge in [-0.2, -0.15) is 30.4 Å². The summed E-state index contributed by atoms with van der Waals surface area (Å²) in [6.07, 6.45) is 0. The molecule has 0 unspecified atom stereocenters. The van der Waals surface area contributed by atoms with Crippen molar-refractivity contribution < 1.29 is 38.9 Å². The van der Waals surface area contributed by atoms with E-state index in [0.717, 1.165) is 23.8 Å². The number of azo groups is 1. The molecule has 0 aliphatic rings. The Morgan fingerprint density at radius 3 is 1.78 bits per heavy atom. The molecule has 3 aromatic rings. The van der Waals surface area contributed by atoms with Crippen molar-refractivity contribution in [2.75, 3.05) is 0 Å². The predicted octanol–water partition coefficient (Wildman–Crippen LogP) is 3.61. The molecule has 3 aromatic carbocycles. The minimum Gasteiger partial charge on any atom is -0.282 e. The molecule has 0 aliphatic carbocycles. The van der Waals surface area contributed by atoms with Gasteiger partial charge >= 0.3 is 0 Å². The summed E-state index contributed by atoms with van der Waals surface area (Å²) in [5.41, 5.74) is 1.55. The number of aryl methyl sites for hydroxylation is 2. The number of fused-ring (bicyclic) bond motifs is 1. The largest absolute Gasteiger partial charge is 0.296 e. The second-order valence-electron chi connectivity index (χ2n) is 6.88. The molecule has 0 bridgehead atoms. The van der Waals surface area contributed by atoms with Gasteiger partial charge in [0.15, 0.2) is 0 Å². The zero-order chi connectivity index (χ0) is 24.1. The van der Waals surface area contributed by atoms with Crippen LogP contribution in [0, 0.1) is 13.8 Å². The number of benzene rings is 3. The third-order valence-electron chi connectivity index (χ3n) is 4.44. The van der Waals surface area contributed by atoms with Crippen LogP contribution >= 0.6 is 0 Å². The first-order chi connectivity index (χ1) is 14.6. The highest BCUT2D eigenvalue weighted by molar-refractivity contribution is 7.87. The molecule has 11 nitrogen and oxygen atoms in total. The summed E-state index contributed by atoms with van der Waals surface area (Å²) in [5, 5.41) is 7.12. The lowest BCUT2D eigenvalue weighted by atomic mass is 10.1. The molecule has 0 aromatic heterocycles. The highest BCUT2D eigenvalue weighted by Gasteiger charge is 2.24. The maximum atomic E-state index is 11.9. The maximum Gasteiger partial charge on any atom is 0.296 e. The van der Waals surface area contributed by atoms with Crippen LogP contribution in [0.5, 0.6) is 0 Å². The van der Waals surface area contributed by atoms with Crippen molar-refractivity contribution in [3.8, 4) is 0 Å². The maximum absolute atomic E-state index is 11.9. The molecule has 0 spiro atoms. The first kappa shape index (κ1) is 23.9. The minimum atomic E-state index is -5.02. The SMILES string of the molecule is Cc1ccc(N=Nc2cc3c(S(=O)(=O)O)cc(S(=O)(=O)O)cc3cc2S(=O)(=O)O)c(C)c1. The summed E-state index contributed by atoms with van der Waals surface area (Å²) in [4.78, 5) is -2.64. The first-order valence-electron chi connectivity index (χ1n) is 8.60. The number of hydrogen-bond acceptors (Lipinski definition) is 8. The summed E-state index contributed by atoms with van der Waals surface area (Å²) in [6, 6.07) is 8.09. The molecule has 0 heterocycles. The van der Waals surface area contributed by atoms with Crippen LogP contribution in [0.3, 0.4) is 0 Å². The van der Waals surface area contributed by atoms with Crippen molar-refractivity contribution >= 4 is 52.5 Å². The average molecular weight is 501 g/mol. The fourth-order valence-corrected chi connectivity index (χ4v) is 4.98. The Hall–Kier alpha value is -2.75. The molecular weight excluding hydrogens is 484 g/mol. The van der Waals surface area contributed by atoms with E-state index in [2.05, 4.69) is 10.2 Å². The molecule has 0 radical (unpaired) electrons. The second-order valence-corrected chi connectivity index (χ2v) is 11.1. The fraction of sp³-hybridized carbons (Fsp3) is 0.111. The molecule has 0 atom stereocenters. The van der Waals surface area contributed by atoms with E-state index in [1.54, 1.807) is 25.1 Å². The van der Waals surface area contributed by atoms with Crippen LogP contribution in [0.1, 0.15) is 11.1 Å². The quantitative estimate of drug-likeness (QED) is 0.347. The van der Waals surface area contributed by atoms with E-state index >= 15 is 0 Å². The van der Waals surface area contributed by atoms with Gasteiger partial charge in [-0.15, -0.1) is 5.11 Å². The molecule has 0 aliphatic heterocycles. The van der Waals surface area contributed by atoms with Crippen molar-refractivity contribution in [1.29, 1.82) is 0 Å². The van der Waals surface area contributed by atoms with E-state index in [1.165, 1.54) is 0 Å². The topological polar surface area (TPSA) is 188 Å². The normalized spacial score (nSPS) is 13.2. The molecule has 3 N–H and O–H groups in total. The molecule has 0 fully saturated rings. The lowest BCUT2D eigenvalue weighted by Gasteiger charge is -2.10. The lowest BCUT2D eigenvalue weighted by molar-refractivity contribution is 0.480. The summed E-state index contributed by atoms with van der Waals surface area (Å²) >= 11 is 0. The van der Waals surface area contributed by atoms with E-state index in [1.807, 2.05) is 6.92 Å². The molecule has 0 saturated carbocycles. The zero-order valence-electron chi connectivity index (χ0n) is 16.5. The van der Waals surface area contributed by atoms with Crippen LogP contribution in [-0.4, -0.2) is 38.9 Å². The van der Waals surface area contributed by atoms with E-state index in [0.29, 0.717) is 17.3 Å². The Kier molecular flexibility index (Phi) is 5.97. The Morgan fingerprint density at radius 2 is 1.25 bits per heavy atom. The fourth-order valence-electron chi connectivity index (χ4n) is 2.99. The van der Waals surface area contributed by atoms with Gasteiger partial charge in [0.2, 0.25) is 0 Å². The number of hydrogen-bond donors (Lipinski definition) is 3. The Morgan fingerprint density at radius 1 is 0.656 bits per heavy atom. The standard InChI is InChI=1S/C18H16N2O9S3/c1-10-3-4-15(11(2)5-10)19-20-16-9-14-12(7-18(16)32(27,28)29)6-13(30(21,22)23)8-17(14)31(24,25)26/h3-9H,1-2H3,(H,21,22,23)(H,24,25,26)(H,27,28,29). The summed E-state index contributed by atoms with van der Waals surface area (Å²) < 4.78 is 98.9. The summed E-state index contributed by atoms with van der Waals surface area (Å²) in [6.45, 7) is 3.59. The smallest absolute Gasteiger partial charge is 0.282 e. The van der Waals surface area contributed by atoms with Gasteiger partial charge in [-0.25, -0.2) is 0 Å². The van der Waals surface area contributed by atoms with Crippen molar-refractivity contribution in [1.82, 2.24) is 0 Å². The third kappa shape index (κ3) is 5.01. The van der Waals surface area contributed by atoms with Crippen LogP contribution in [-0.2, 0) is 30.4 Å². The summed E-state index contributed by atoms with van der Waals surface area (Å²) in [7, 11) is -14.9. The van der Waals surface area contributed by atoms with Gasteiger partial charge in [0.05, 0.1) is 10.6 Å². The molecule has 32 heavy (non-hydrogen) atoms. The van der Waals surface area contributed by atoms with Crippen molar-refractivity contribution in [2.45, 2.75) is 28.5 Å². The minimum absolute atomic E-state index is 0.318. The van der Waals surface area contributed by atoms with Crippen LogP contribution in [0.15, 0.2) is 67.4 Å². The molecule has 170 valence electrons. The Bertz CT molecular complexity index is 1610. The van der Waals surface area contributed by atoms with Crippen LogP contribution in [0.25, 0.3) is 10.8 Å². The Labute approximate surface area is 183 Å². The molecule has 0 saturated heterocycles. The first-order valence-corrected chi connectivity index (χ1v) is 12.9. The molecule has 0 amide bonds. The zero-order valence-corrected chi connectivity index (χ0v) is 18.9. The molecule has 14 heteroatoms. The van der Waals surface area contributed by atoms with Crippen molar-refractivity contribution in [2.24, 2.45) is 10.2 Å². The van der Waals surface area contributed by atoms with E-state index in [-0.39, 0.29) is 10.8 Å². The average Bonchev–Trinajstić information content (AvgIpc) is 2.63. The van der Waals surface area contributed by atoms with Crippen LogP contribution < -0.4 is 0 Å². The molecule has 3 rings (SSSR count). The Balaban J connectivity index is 2.39. The van der Waals surface area contributed by atoms with E-state index in [9.17, 15) is 38.9 Å². The second kappa shape index (κ2) is 7.99. The van der Waals surface area contributed by atoms with Gasteiger partial charge in [-0.1, -0.05) is 17.7 Å². The number of rotatable bonds is 5. The third-order valence-corrected chi connectivity index (χ3v) is 7.05. The highest BCUT2D eigenvalue weighted by atomic mass is 32.2. The number of nitrogens with zero attached hydrogens (tertiary/aromatic N) is 2. The van der Waals surface area contributed by atoms with E-state index < -0.39 is 50.7 Å². The van der Waals surface area contributed by atoms with Gasteiger partial charge in [0.1, 0.15) is 15.5 Å². The predicted molar refractivity (Wildman–Crippen MR) is 113 cm³/mol. The van der Waals surface area contributed by atoms with Crippen molar-refractivity contribution in [3.63, 3.8) is 0 Å². The lowest BCUT2D eigenvalue weighted by Crippen LogP contribution is -2.05. The van der Waals surface area contributed by atoms with Gasteiger partial charge in [-0.05, 0) is 55.1 Å². The van der Waals surface area contributed by atoms with Crippen LogP contribution in [0.2, 0.25) is 0 Å². The van der Waals surface area contributed by atoms with Crippen molar-refractivity contribution in [3.05, 3.63) is 53.6 Å². The highest BCUT2D eigenvalue weighted by Crippen LogP contribution is 2.36. The van der Waals surface area contributed by atoms with Gasteiger partial charge < -0.3 is 0 Å². The van der Waals surface area contributed by atoms with Gasteiger partial charge in [0, 0.05) is 5.39 Å². The van der Waals surface area contributed by atoms with Gasteiger partial charge in [0.25, 0.3) is 30.4 Å². The van der Waals surface area contributed by atoms with Crippen LogP contribution in [0.4, 0.5) is 11.4 Å². The van der Waals surface area contributed by atoms with E-state index in [4.69, 9.17) is 0 Å². The monoisotopic (exact) mass is 500 g/mol. The van der Waals surface area contributed by atoms with Gasteiger partial charge in [-0.3, -0.25) is 13.7 Å².